The van der Waals surface area contributed by atoms with Crippen LogP contribution in [0.4, 0.5) is 13.2 Å². The summed E-state index contributed by atoms with van der Waals surface area (Å²) in [6.07, 6.45) is 1.99. The van der Waals surface area contributed by atoms with Gasteiger partial charge in [-0.3, -0.25) is 4.79 Å². The largest absolute Gasteiger partial charge is 0.435 e. The summed E-state index contributed by atoms with van der Waals surface area (Å²) in [5, 5.41) is 3.42. The molecule has 0 saturated heterocycles. The zero-order chi connectivity index (χ0) is 14.0. The Bertz CT molecular complexity index is 553. The topological polar surface area (TPSA) is 34.9 Å². The van der Waals surface area contributed by atoms with Gasteiger partial charge in [-0.2, -0.15) is 23.0 Å². The summed E-state index contributed by atoms with van der Waals surface area (Å²) < 4.78 is 39.0. The number of allylic oxidation sites excluding steroid dienone is 4. The minimum Gasteiger partial charge on any atom is -0.273 e. The van der Waals surface area contributed by atoms with Crippen LogP contribution in [0.5, 0.6) is 0 Å². The van der Waals surface area contributed by atoms with Gasteiger partial charge in [0.25, 0.3) is 0 Å². The van der Waals surface area contributed by atoms with Gasteiger partial charge in [0.1, 0.15) is 0 Å². The fourth-order valence-electron chi connectivity index (χ4n) is 1.90. The van der Waals surface area contributed by atoms with Crippen molar-refractivity contribution >= 4 is 11.5 Å². The van der Waals surface area contributed by atoms with E-state index in [1.807, 2.05) is 6.08 Å². The number of carbonyl (C=O) groups excluding carboxylic acids is 1. The Morgan fingerprint density at radius 1 is 1.47 bits per heavy atom. The fourth-order valence-corrected chi connectivity index (χ4v) is 1.90. The highest BCUT2D eigenvalue weighted by Crippen LogP contribution is 2.32. The van der Waals surface area contributed by atoms with Crippen LogP contribution < -0.4 is 0 Å². The second kappa shape index (κ2) is 5.03. The van der Waals surface area contributed by atoms with Gasteiger partial charge in [0, 0.05) is 6.42 Å². The molecule has 1 aromatic heterocycles. The fraction of sp³-hybridized carbons (Fsp3) is 0.385. The van der Waals surface area contributed by atoms with E-state index in [4.69, 9.17) is 0 Å². The van der Waals surface area contributed by atoms with Gasteiger partial charge in [-0.1, -0.05) is 25.2 Å². The van der Waals surface area contributed by atoms with Gasteiger partial charge >= 0.3 is 6.18 Å². The quantitative estimate of drug-likeness (QED) is 0.839. The molecule has 0 fully saturated rings. The van der Waals surface area contributed by atoms with Gasteiger partial charge in [0.2, 0.25) is 5.91 Å². The summed E-state index contributed by atoms with van der Waals surface area (Å²) in [4.78, 5) is 11.8. The molecule has 0 bridgehead atoms. The van der Waals surface area contributed by atoms with Crippen molar-refractivity contribution < 1.29 is 18.0 Å². The maximum atomic E-state index is 12.7. The van der Waals surface area contributed by atoms with Crippen LogP contribution in [0.15, 0.2) is 24.3 Å². The standard InChI is InChI=1S/C13H13F3N2O/c1-2-5-12(19)18-10(9-6-3-4-7-9)8-11(17-18)13(14,15)16/h3-4,6,8H,2,5,7H2,1H3. The maximum absolute atomic E-state index is 12.7. The SMILES string of the molecule is CCCC(=O)n1nc(C(F)(F)F)cc1C1=CC=CC1. The Hall–Kier alpha value is -1.85. The first kappa shape index (κ1) is 13.6. The van der Waals surface area contributed by atoms with Gasteiger partial charge < -0.3 is 0 Å². The second-order valence-electron chi connectivity index (χ2n) is 4.29. The van der Waals surface area contributed by atoms with E-state index in [2.05, 4.69) is 5.10 Å². The van der Waals surface area contributed by atoms with Crippen LogP contribution in [0.3, 0.4) is 0 Å². The van der Waals surface area contributed by atoms with Crippen molar-refractivity contribution in [2.24, 2.45) is 0 Å². The molecule has 3 nitrogen and oxygen atoms in total. The summed E-state index contributed by atoms with van der Waals surface area (Å²) in [6.45, 7) is 1.79. The van der Waals surface area contributed by atoms with E-state index in [1.165, 1.54) is 0 Å². The van der Waals surface area contributed by atoms with Crippen LogP contribution in [0.1, 0.15) is 42.4 Å². The number of alkyl halides is 3. The molecule has 0 N–H and O–H groups in total. The zero-order valence-electron chi connectivity index (χ0n) is 10.4. The van der Waals surface area contributed by atoms with Crippen molar-refractivity contribution in [1.82, 2.24) is 9.78 Å². The van der Waals surface area contributed by atoms with Gasteiger partial charge in [-0.15, -0.1) is 0 Å². The lowest BCUT2D eigenvalue weighted by molar-refractivity contribution is -0.141. The Morgan fingerprint density at radius 2 is 2.21 bits per heavy atom. The Labute approximate surface area is 108 Å². The van der Waals surface area contributed by atoms with Crippen LogP contribution >= 0.6 is 0 Å². The third kappa shape index (κ3) is 2.77. The Balaban J connectivity index is 2.44. The predicted octanol–water partition coefficient (Wildman–Crippen LogP) is 3.69. The first-order valence-electron chi connectivity index (χ1n) is 6.00. The normalized spacial score (nSPS) is 14.8. The third-order valence-corrected chi connectivity index (χ3v) is 2.80. The number of halogens is 3. The van der Waals surface area contributed by atoms with Crippen LogP contribution in [-0.4, -0.2) is 15.7 Å². The van der Waals surface area contributed by atoms with Crippen molar-refractivity contribution in [2.75, 3.05) is 0 Å². The Kier molecular flexibility index (Phi) is 3.59. The van der Waals surface area contributed by atoms with Crippen LogP contribution in [0.2, 0.25) is 0 Å². The summed E-state index contributed by atoms with van der Waals surface area (Å²) >= 11 is 0. The number of carbonyl (C=O) groups is 1. The summed E-state index contributed by atoms with van der Waals surface area (Å²) in [5.41, 5.74) is -0.122. The van der Waals surface area contributed by atoms with E-state index >= 15 is 0 Å². The first-order valence-corrected chi connectivity index (χ1v) is 6.00. The van der Waals surface area contributed by atoms with Crippen molar-refractivity contribution in [1.29, 1.82) is 0 Å². The molecule has 1 aliphatic rings. The number of aromatic nitrogens is 2. The molecule has 0 spiro atoms. The van der Waals surface area contributed by atoms with Crippen LogP contribution in [0.25, 0.3) is 5.57 Å². The summed E-state index contributed by atoms with van der Waals surface area (Å²) in [5.74, 6) is -0.416. The minimum atomic E-state index is -4.54. The molecule has 0 amide bonds. The molecule has 0 unspecified atom stereocenters. The minimum absolute atomic E-state index is 0.173. The molecule has 0 aromatic carbocycles. The predicted molar refractivity (Wildman–Crippen MR) is 64.5 cm³/mol. The van der Waals surface area contributed by atoms with E-state index in [1.54, 1.807) is 19.1 Å². The van der Waals surface area contributed by atoms with E-state index in [9.17, 15) is 18.0 Å². The van der Waals surface area contributed by atoms with Crippen LogP contribution in [0, 0.1) is 0 Å². The van der Waals surface area contributed by atoms with Crippen molar-refractivity contribution in [3.63, 3.8) is 0 Å². The average molecular weight is 270 g/mol. The summed E-state index contributed by atoms with van der Waals surface area (Å²) in [6, 6.07) is 0.937. The van der Waals surface area contributed by atoms with Crippen LogP contribution in [-0.2, 0) is 6.18 Å². The maximum Gasteiger partial charge on any atom is 0.435 e. The Morgan fingerprint density at radius 3 is 2.74 bits per heavy atom. The number of hydrogen-bond donors (Lipinski definition) is 0. The summed E-state index contributed by atoms with van der Waals surface area (Å²) in [7, 11) is 0. The lowest BCUT2D eigenvalue weighted by atomic mass is 10.1. The number of hydrogen-bond acceptors (Lipinski definition) is 2. The highest BCUT2D eigenvalue weighted by atomic mass is 19.4. The molecule has 1 heterocycles. The molecule has 1 aromatic rings. The number of nitrogens with zero attached hydrogens (tertiary/aromatic N) is 2. The molecule has 6 heteroatoms. The molecular formula is C13H13F3N2O. The molecule has 19 heavy (non-hydrogen) atoms. The average Bonchev–Trinajstić information content (AvgIpc) is 2.97. The second-order valence-corrected chi connectivity index (χ2v) is 4.29. The lowest BCUT2D eigenvalue weighted by Gasteiger charge is -2.05. The molecule has 0 atom stereocenters. The molecule has 0 aliphatic heterocycles. The van der Waals surface area contributed by atoms with E-state index in [0.29, 0.717) is 18.4 Å². The molecule has 1 aliphatic carbocycles. The van der Waals surface area contributed by atoms with E-state index in [-0.39, 0.29) is 12.1 Å². The van der Waals surface area contributed by atoms with E-state index in [0.717, 1.165) is 10.7 Å². The van der Waals surface area contributed by atoms with Crippen molar-refractivity contribution in [2.45, 2.75) is 32.4 Å². The molecule has 102 valence electrons. The molecule has 2 rings (SSSR count). The first-order chi connectivity index (χ1) is 8.93. The highest BCUT2D eigenvalue weighted by molar-refractivity contribution is 5.83. The van der Waals surface area contributed by atoms with Crippen molar-refractivity contribution in [3.8, 4) is 0 Å². The smallest absolute Gasteiger partial charge is 0.273 e. The molecule has 0 saturated carbocycles. The van der Waals surface area contributed by atoms with E-state index < -0.39 is 17.8 Å². The molecular weight excluding hydrogens is 257 g/mol. The van der Waals surface area contributed by atoms with Gasteiger partial charge in [-0.05, 0) is 24.5 Å². The monoisotopic (exact) mass is 270 g/mol. The molecule has 0 radical (unpaired) electrons. The van der Waals surface area contributed by atoms with Gasteiger partial charge in [-0.25, -0.2) is 0 Å². The van der Waals surface area contributed by atoms with Gasteiger partial charge in [0.05, 0.1) is 5.69 Å². The van der Waals surface area contributed by atoms with Gasteiger partial charge in [0.15, 0.2) is 5.69 Å². The third-order valence-electron chi connectivity index (χ3n) is 2.80. The number of rotatable bonds is 3. The van der Waals surface area contributed by atoms with Crippen molar-refractivity contribution in [3.05, 3.63) is 35.7 Å². The highest BCUT2D eigenvalue weighted by Gasteiger charge is 2.36. The lowest BCUT2D eigenvalue weighted by Crippen LogP contribution is -2.16. The zero-order valence-corrected chi connectivity index (χ0v) is 10.4.